The van der Waals surface area contributed by atoms with Crippen LogP contribution in [0.2, 0.25) is 0 Å². The Bertz CT molecular complexity index is 651. The quantitative estimate of drug-likeness (QED) is 0.890. The zero-order valence-corrected chi connectivity index (χ0v) is 13.6. The maximum absolute atomic E-state index is 12.2. The molecule has 0 saturated heterocycles. The van der Waals surface area contributed by atoms with Crippen molar-refractivity contribution < 1.29 is 14.6 Å². The smallest absolute Gasteiger partial charge is 0.251 e. The number of carbonyl (C=O) groups is 1. The normalized spacial score (nSPS) is 12.5. The summed E-state index contributed by atoms with van der Waals surface area (Å²) in [5, 5.41) is 12.7. The summed E-state index contributed by atoms with van der Waals surface area (Å²) in [6.45, 7) is 5.98. The van der Waals surface area contributed by atoms with Gasteiger partial charge in [-0.15, -0.1) is 0 Å². The van der Waals surface area contributed by atoms with Crippen molar-refractivity contribution in [2.45, 2.75) is 26.9 Å². The summed E-state index contributed by atoms with van der Waals surface area (Å²) in [7, 11) is 0. The number of aliphatic hydroxyl groups is 1. The first-order chi connectivity index (χ1) is 10.9. The van der Waals surface area contributed by atoms with Crippen LogP contribution in [0.25, 0.3) is 0 Å². The van der Waals surface area contributed by atoms with Crippen LogP contribution < -0.4 is 10.1 Å². The summed E-state index contributed by atoms with van der Waals surface area (Å²) in [4.78, 5) is 16.1. The molecule has 0 fully saturated rings. The van der Waals surface area contributed by atoms with Crippen LogP contribution in [0.5, 0.6) is 11.5 Å². The monoisotopic (exact) mass is 314 g/mol. The standard InChI is InChI=1S/C18H22N2O3/c1-18(2,3)16(21)12-20-17(22)13-5-4-6-15(11-13)23-14-7-9-19-10-8-14/h4-11,16,21H,12H2,1-3H3,(H,20,22). The van der Waals surface area contributed by atoms with Crippen LogP contribution in [0.4, 0.5) is 0 Å². The first-order valence-corrected chi connectivity index (χ1v) is 7.50. The van der Waals surface area contributed by atoms with E-state index in [0.717, 1.165) is 0 Å². The molecule has 1 aromatic carbocycles. The Morgan fingerprint density at radius 2 is 1.91 bits per heavy atom. The molecule has 0 aliphatic heterocycles. The number of benzene rings is 1. The molecule has 0 spiro atoms. The van der Waals surface area contributed by atoms with Crippen LogP contribution in [0.1, 0.15) is 31.1 Å². The number of aromatic nitrogens is 1. The molecule has 0 aliphatic rings. The summed E-state index contributed by atoms with van der Waals surface area (Å²) in [5.41, 5.74) is 0.206. The molecule has 5 heteroatoms. The Morgan fingerprint density at radius 3 is 2.57 bits per heavy atom. The zero-order valence-electron chi connectivity index (χ0n) is 13.6. The highest BCUT2D eigenvalue weighted by molar-refractivity contribution is 5.94. The molecule has 2 aromatic rings. The lowest BCUT2D eigenvalue weighted by atomic mass is 9.89. The fourth-order valence-corrected chi connectivity index (χ4v) is 1.84. The molecule has 0 radical (unpaired) electrons. The van der Waals surface area contributed by atoms with Gasteiger partial charge in [0.25, 0.3) is 5.91 Å². The van der Waals surface area contributed by atoms with Crippen molar-refractivity contribution in [3.8, 4) is 11.5 Å². The first-order valence-electron chi connectivity index (χ1n) is 7.50. The van der Waals surface area contributed by atoms with Gasteiger partial charge in [-0.1, -0.05) is 26.8 Å². The van der Waals surface area contributed by atoms with E-state index in [1.807, 2.05) is 20.8 Å². The molecule has 1 atom stereocenters. The number of aliphatic hydroxyl groups excluding tert-OH is 1. The molecule has 2 N–H and O–H groups in total. The first kappa shape index (κ1) is 17.0. The molecule has 1 heterocycles. The maximum atomic E-state index is 12.2. The minimum atomic E-state index is -0.609. The van der Waals surface area contributed by atoms with Crippen molar-refractivity contribution in [1.82, 2.24) is 10.3 Å². The average Bonchev–Trinajstić information content (AvgIpc) is 2.52. The number of hydrogen-bond acceptors (Lipinski definition) is 4. The minimum Gasteiger partial charge on any atom is -0.457 e. The molecule has 0 aliphatic carbocycles. The summed E-state index contributed by atoms with van der Waals surface area (Å²) >= 11 is 0. The zero-order chi connectivity index (χ0) is 16.9. The highest BCUT2D eigenvalue weighted by atomic mass is 16.5. The van der Waals surface area contributed by atoms with Gasteiger partial charge in [0.05, 0.1) is 6.10 Å². The van der Waals surface area contributed by atoms with E-state index >= 15 is 0 Å². The average molecular weight is 314 g/mol. The lowest BCUT2D eigenvalue weighted by Crippen LogP contribution is -2.39. The summed E-state index contributed by atoms with van der Waals surface area (Å²) in [5.74, 6) is 0.981. The van der Waals surface area contributed by atoms with Gasteiger partial charge in [0, 0.05) is 24.5 Å². The second-order valence-corrected chi connectivity index (χ2v) is 6.40. The predicted molar refractivity (Wildman–Crippen MR) is 88.5 cm³/mol. The van der Waals surface area contributed by atoms with E-state index in [9.17, 15) is 9.90 Å². The Hall–Kier alpha value is -2.40. The van der Waals surface area contributed by atoms with Crippen molar-refractivity contribution in [2.24, 2.45) is 5.41 Å². The molecule has 2 rings (SSSR count). The van der Waals surface area contributed by atoms with Gasteiger partial charge in [0.1, 0.15) is 11.5 Å². The van der Waals surface area contributed by atoms with E-state index in [4.69, 9.17) is 4.74 Å². The van der Waals surface area contributed by atoms with E-state index in [1.54, 1.807) is 48.8 Å². The second kappa shape index (κ2) is 7.24. The second-order valence-electron chi connectivity index (χ2n) is 6.40. The number of amides is 1. The van der Waals surface area contributed by atoms with Crippen LogP contribution in [-0.4, -0.2) is 28.6 Å². The Labute approximate surface area is 136 Å². The number of ether oxygens (including phenoxy) is 1. The molecule has 122 valence electrons. The maximum Gasteiger partial charge on any atom is 0.251 e. The molecule has 1 aromatic heterocycles. The summed E-state index contributed by atoms with van der Waals surface area (Å²) in [6, 6.07) is 10.4. The number of rotatable bonds is 5. The third-order valence-corrected chi connectivity index (χ3v) is 3.44. The van der Waals surface area contributed by atoms with Crippen LogP contribution in [0.3, 0.4) is 0 Å². The fraction of sp³-hybridized carbons (Fsp3) is 0.333. The van der Waals surface area contributed by atoms with Crippen molar-refractivity contribution in [1.29, 1.82) is 0 Å². The Morgan fingerprint density at radius 1 is 1.22 bits per heavy atom. The third-order valence-electron chi connectivity index (χ3n) is 3.44. The number of nitrogens with zero attached hydrogens (tertiary/aromatic N) is 1. The van der Waals surface area contributed by atoms with Crippen molar-refractivity contribution in [2.75, 3.05) is 6.54 Å². The minimum absolute atomic E-state index is 0.206. The van der Waals surface area contributed by atoms with Gasteiger partial charge in [-0.25, -0.2) is 0 Å². The van der Waals surface area contributed by atoms with Crippen molar-refractivity contribution in [3.05, 3.63) is 54.4 Å². The van der Waals surface area contributed by atoms with E-state index < -0.39 is 6.10 Å². The third kappa shape index (κ3) is 5.07. The Kier molecular flexibility index (Phi) is 5.34. The van der Waals surface area contributed by atoms with Gasteiger partial charge in [0.2, 0.25) is 0 Å². The topological polar surface area (TPSA) is 71.5 Å². The molecule has 1 amide bonds. The molecule has 5 nitrogen and oxygen atoms in total. The van der Waals surface area contributed by atoms with Gasteiger partial charge in [-0.3, -0.25) is 9.78 Å². The molecular weight excluding hydrogens is 292 g/mol. The number of pyridine rings is 1. The van der Waals surface area contributed by atoms with Crippen molar-refractivity contribution in [3.63, 3.8) is 0 Å². The summed E-state index contributed by atoms with van der Waals surface area (Å²) < 4.78 is 5.68. The van der Waals surface area contributed by atoms with Gasteiger partial charge in [-0.05, 0) is 35.7 Å². The lowest BCUT2D eigenvalue weighted by Gasteiger charge is -2.25. The number of hydrogen-bond donors (Lipinski definition) is 2. The van der Waals surface area contributed by atoms with Crippen LogP contribution in [0, 0.1) is 5.41 Å². The van der Waals surface area contributed by atoms with E-state index in [2.05, 4.69) is 10.3 Å². The van der Waals surface area contributed by atoms with Crippen LogP contribution in [-0.2, 0) is 0 Å². The van der Waals surface area contributed by atoms with E-state index in [1.165, 1.54) is 0 Å². The molecule has 0 bridgehead atoms. The van der Waals surface area contributed by atoms with Crippen LogP contribution in [0.15, 0.2) is 48.8 Å². The molecular formula is C18H22N2O3. The highest BCUT2D eigenvalue weighted by Crippen LogP contribution is 2.22. The van der Waals surface area contributed by atoms with E-state index in [-0.39, 0.29) is 17.9 Å². The van der Waals surface area contributed by atoms with Gasteiger partial charge in [0.15, 0.2) is 0 Å². The fourth-order valence-electron chi connectivity index (χ4n) is 1.84. The van der Waals surface area contributed by atoms with Gasteiger partial charge < -0.3 is 15.2 Å². The van der Waals surface area contributed by atoms with E-state index in [0.29, 0.717) is 17.1 Å². The number of carbonyl (C=O) groups excluding carboxylic acids is 1. The predicted octanol–water partition coefficient (Wildman–Crippen LogP) is 3.01. The lowest BCUT2D eigenvalue weighted by molar-refractivity contribution is 0.0587. The summed E-state index contributed by atoms with van der Waals surface area (Å²) in [6.07, 6.45) is 2.67. The SMILES string of the molecule is CC(C)(C)C(O)CNC(=O)c1cccc(Oc2ccncc2)c1. The molecule has 23 heavy (non-hydrogen) atoms. The largest absolute Gasteiger partial charge is 0.457 e. The Balaban J connectivity index is 2.00. The molecule has 1 unspecified atom stereocenters. The van der Waals surface area contributed by atoms with Gasteiger partial charge in [-0.2, -0.15) is 0 Å². The van der Waals surface area contributed by atoms with Crippen LogP contribution >= 0.6 is 0 Å². The molecule has 0 saturated carbocycles. The van der Waals surface area contributed by atoms with Crippen molar-refractivity contribution >= 4 is 5.91 Å². The van der Waals surface area contributed by atoms with Gasteiger partial charge >= 0.3 is 0 Å². The highest BCUT2D eigenvalue weighted by Gasteiger charge is 2.22. The number of nitrogens with one attached hydrogen (secondary N) is 1.